The van der Waals surface area contributed by atoms with E-state index in [1.165, 1.54) is 11.3 Å². The predicted octanol–water partition coefficient (Wildman–Crippen LogP) is 2.02. The first-order valence-electron chi connectivity index (χ1n) is 4.76. The van der Waals surface area contributed by atoms with Gasteiger partial charge in [0, 0.05) is 18.5 Å². The molecule has 2 heterocycles. The van der Waals surface area contributed by atoms with E-state index >= 15 is 0 Å². The minimum absolute atomic E-state index is 0.0804. The zero-order valence-corrected chi connectivity index (χ0v) is 9.30. The van der Waals surface area contributed by atoms with Gasteiger partial charge in [-0.25, -0.2) is 4.98 Å². The quantitative estimate of drug-likeness (QED) is 0.710. The van der Waals surface area contributed by atoms with E-state index in [0.29, 0.717) is 5.69 Å². The first-order valence-corrected chi connectivity index (χ1v) is 5.70. The molecule has 0 N–H and O–H groups in total. The van der Waals surface area contributed by atoms with Crippen LogP contribution in [0, 0.1) is 5.41 Å². The lowest BCUT2D eigenvalue weighted by Crippen LogP contribution is -2.30. The second kappa shape index (κ2) is 3.35. The summed E-state index contributed by atoms with van der Waals surface area (Å²) in [7, 11) is 0. The minimum Gasteiger partial charge on any atom is -0.337 e. The molecule has 0 saturated carbocycles. The van der Waals surface area contributed by atoms with Crippen molar-refractivity contribution in [3.05, 3.63) is 16.6 Å². The summed E-state index contributed by atoms with van der Waals surface area (Å²) < 4.78 is 0. The normalized spacial score (nSPS) is 20.0. The van der Waals surface area contributed by atoms with E-state index in [4.69, 9.17) is 0 Å². The molecule has 1 fully saturated rings. The van der Waals surface area contributed by atoms with E-state index in [-0.39, 0.29) is 11.3 Å². The van der Waals surface area contributed by atoms with Gasteiger partial charge < -0.3 is 4.90 Å². The largest absolute Gasteiger partial charge is 0.337 e. The molecule has 1 amide bonds. The highest BCUT2D eigenvalue weighted by Gasteiger charge is 2.32. The fraction of sp³-hybridized carbons (Fsp3) is 0.600. The van der Waals surface area contributed by atoms with E-state index in [1.807, 2.05) is 10.3 Å². The van der Waals surface area contributed by atoms with Crippen molar-refractivity contribution in [1.29, 1.82) is 0 Å². The molecule has 0 bridgehead atoms. The highest BCUT2D eigenvalue weighted by atomic mass is 32.1. The summed E-state index contributed by atoms with van der Waals surface area (Å²) in [6.45, 7) is 6.11. The van der Waals surface area contributed by atoms with E-state index < -0.39 is 0 Å². The average molecular weight is 210 g/mol. The molecule has 3 nitrogen and oxygen atoms in total. The molecule has 2 rings (SSSR count). The van der Waals surface area contributed by atoms with Crippen LogP contribution in [0.1, 0.15) is 30.8 Å². The van der Waals surface area contributed by atoms with Crippen LogP contribution in [0.4, 0.5) is 0 Å². The summed E-state index contributed by atoms with van der Waals surface area (Å²) in [5.74, 6) is 0.0804. The summed E-state index contributed by atoms with van der Waals surface area (Å²) in [6.07, 6.45) is 1.09. The van der Waals surface area contributed by atoms with Gasteiger partial charge in [-0.2, -0.15) is 0 Å². The number of nitrogens with zero attached hydrogens (tertiary/aromatic N) is 2. The first kappa shape index (κ1) is 9.65. The van der Waals surface area contributed by atoms with Gasteiger partial charge in [0.2, 0.25) is 0 Å². The Bertz CT molecular complexity index is 332. The number of amides is 1. The number of hydrogen-bond donors (Lipinski definition) is 0. The van der Waals surface area contributed by atoms with Crippen molar-refractivity contribution >= 4 is 17.2 Å². The van der Waals surface area contributed by atoms with Crippen molar-refractivity contribution in [2.45, 2.75) is 20.3 Å². The Morgan fingerprint density at radius 2 is 2.43 bits per heavy atom. The number of likely N-dealkylation sites (tertiary alicyclic amines) is 1. The second-order valence-corrected chi connectivity index (χ2v) is 5.23. The molecule has 4 heteroatoms. The fourth-order valence-electron chi connectivity index (χ4n) is 1.77. The van der Waals surface area contributed by atoms with E-state index in [9.17, 15) is 4.79 Å². The van der Waals surface area contributed by atoms with E-state index in [0.717, 1.165) is 19.5 Å². The van der Waals surface area contributed by atoms with Crippen LogP contribution in [-0.2, 0) is 0 Å². The summed E-state index contributed by atoms with van der Waals surface area (Å²) in [5, 5.41) is 1.81. The lowest BCUT2D eigenvalue weighted by atomic mass is 9.93. The molecule has 76 valence electrons. The topological polar surface area (TPSA) is 33.2 Å². The average Bonchev–Trinajstić information content (AvgIpc) is 2.72. The number of rotatable bonds is 1. The van der Waals surface area contributed by atoms with Gasteiger partial charge in [-0.05, 0) is 11.8 Å². The number of thiazole rings is 1. The van der Waals surface area contributed by atoms with Crippen LogP contribution in [0.15, 0.2) is 10.9 Å². The van der Waals surface area contributed by atoms with Crippen molar-refractivity contribution in [2.75, 3.05) is 13.1 Å². The lowest BCUT2D eigenvalue weighted by Gasteiger charge is -2.18. The Kier molecular flexibility index (Phi) is 2.31. The fourth-order valence-corrected chi connectivity index (χ4v) is 2.29. The van der Waals surface area contributed by atoms with Crippen LogP contribution < -0.4 is 0 Å². The lowest BCUT2D eigenvalue weighted by molar-refractivity contribution is 0.0773. The molecule has 0 aliphatic carbocycles. The number of aromatic nitrogens is 1. The molecule has 1 aliphatic rings. The van der Waals surface area contributed by atoms with Gasteiger partial charge in [-0.1, -0.05) is 13.8 Å². The molecule has 0 unspecified atom stereocenters. The van der Waals surface area contributed by atoms with Crippen molar-refractivity contribution in [1.82, 2.24) is 9.88 Å². The van der Waals surface area contributed by atoms with Gasteiger partial charge in [0.05, 0.1) is 5.51 Å². The Balaban J connectivity index is 2.08. The molecule has 1 aromatic rings. The first-order chi connectivity index (χ1) is 6.58. The van der Waals surface area contributed by atoms with E-state index in [1.54, 1.807) is 5.51 Å². The molecular weight excluding hydrogens is 196 g/mol. The van der Waals surface area contributed by atoms with Crippen molar-refractivity contribution in [3.63, 3.8) is 0 Å². The summed E-state index contributed by atoms with van der Waals surface area (Å²) in [6, 6.07) is 0. The Labute approximate surface area is 87.8 Å². The zero-order valence-electron chi connectivity index (χ0n) is 8.49. The van der Waals surface area contributed by atoms with Crippen molar-refractivity contribution < 1.29 is 4.79 Å². The number of carbonyl (C=O) groups is 1. The van der Waals surface area contributed by atoms with Crippen LogP contribution in [0.25, 0.3) is 0 Å². The minimum atomic E-state index is 0.0804. The Morgan fingerprint density at radius 3 is 2.93 bits per heavy atom. The van der Waals surface area contributed by atoms with Crippen LogP contribution in [0.3, 0.4) is 0 Å². The monoisotopic (exact) mass is 210 g/mol. The molecule has 1 aromatic heterocycles. The second-order valence-electron chi connectivity index (χ2n) is 4.51. The molecular formula is C10H14N2OS. The van der Waals surface area contributed by atoms with Gasteiger partial charge in [0.1, 0.15) is 5.69 Å². The highest BCUT2D eigenvalue weighted by molar-refractivity contribution is 7.07. The van der Waals surface area contributed by atoms with Crippen LogP contribution in [-0.4, -0.2) is 28.9 Å². The van der Waals surface area contributed by atoms with Crippen LogP contribution >= 0.6 is 11.3 Å². The maximum Gasteiger partial charge on any atom is 0.273 e. The van der Waals surface area contributed by atoms with Crippen LogP contribution in [0.5, 0.6) is 0 Å². The summed E-state index contributed by atoms with van der Waals surface area (Å²) in [5.41, 5.74) is 2.56. The SMILES string of the molecule is CC1(C)CCN(C(=O)c2cscn2)C1. The standard InChI is InChI=1S/C10H14N2OS/c1-10(2)3-4-12(6-10)9(13)8-5-14-7-11-8/h5,7H,3-4,6H2,1-2H3. The molecule has 1 saturated heterocycles. The smallest absolute Gasteiger partial charge is 0.273 e. The molecule has 0 radical (unpaired) electrons. The van der Waals surface area contributed by atoms with Gasteiger partial charge in [0.25, 0.3) is 5.91 Å². The van der Waals surface area contributed by atoms with Crippen molar-refractivity contribution in [2.24, 2.45) is 5.41 Å². The molecule has 0 spiro atoms. The van der Waals surface area contributed by atoms with Gasteiger partial charge >= 0.3 is 0 Å². The highest BCUT2D eigenvalue weighted by Crippen LogP contribution is 2.29. The summed E-state index contributed by atoms with van der Waals surface area (Å²) in [4.78, 5) is 17.8. The van der Waals surface area contributed by atoms with E-state index in [2.05, 4.69) is 18.8 Å². The third kappa shape index (κ3) is 1.80. The predicted molar refractivity (Wildman–Crippen MR) is 56.4 cm³/mol. The van der Waals surface area contributed by atoms with Gasteiger partial charge in [-0.15, -0.1) is 11.3 Å². The number of carbonyl (C=O) groups excluding carboxylic acids is 1. The third-order valence-electron chi connectivity index (χ3n) is 2.62. The molecule has 14 heavy (non-hydrogen) atoms. The summed E-state index contributed by atoms with van der Waals surface area (Å²) >= 11 is 1.47. The Hall–Kier alpha value is -0.900. The van der Waals surface area contributed by atoms with Crippen LogP contribution in [0.2, 0.25) is 0 Å². The third-order valence-corrected chi connectivity index (χ3v) is 3.20. The zero-order chi connectivity index (χ0) is 10.2. The molecule has 0 aromatic carbocycles. The van der Waals surface area contributed by atoms with Gasteiger partial charge in [0.15, 0.2) is 0 Å². The molecule has 1 aliphatic heterocycles. The van der Waals surface area contributed by atoms with Gasteiger partial charge in [-0.3, -0.25) is 4.79 Å². The Morgan fingerprint density at radius 1 is 1.64 bits per heavy atom. The van der Waals surface area contributed by atoms with Crippen molar-refractivity contribution in [3.8, 4) is 0 Å². The maximum atomic E-state index is 11.9. The number of hydrogen-bond acceptors (Lipinski definition) is 3. The molecule has 0 atom stereocenters. The maximum absolute atomic E-state index is 11.9.